The van der Waals surface area contributed by atoms with Gasteiger partial charge in [-0.25, -0.2) is 0 Å². The van der Waals surface area contributed by atoms with Gasteiger partial charge >= 0.3 is 0 Å². The van der Waals surface area contributed by atoms with Crippen molar-refractivity contribution in [3.63, 3.8) is 0 Å². The number of anilines is 1. The summed E-state index contributed by atoms with van der Waals surface area (Å²) in [6, 6.07) is 15.2. The molecule has 6 heteroatoms. The first-order chi connectivity index (χ1) is 14.5. The summed E-state index contributed by atoms with van der Waals surface area (Å²) in [5.41, 5.74) is 2.01. The quantitative estimate of drug-likeness (QED) is 0.650. The molecule has 2 amide bonds. The number of nitrogens with zero attached hydrogens (tertiary/aromatic N) is 1. The fourth-order valence-corrected chi connectivity index (χ4v) is 3.20. The first kappa shape index (κ1) is 21.7. The summed E-state index contributed by atoms with van der Waals surface area (Å²) >= 11 is 0. The molecule has 1 aliphatic heterocycles. The van der Waals surface area contributed by atoms with E-state index >= 15 is 0 Å². The van der Waals surface area contributed by atoms with Crippen molar-refractivity contribution in [2.75, 3.05) is 31.2 Å². The molecule has 3 rings (SSSR count). The fourth-order valence-electron chi connectivity index (χ4n) is 3.20. The Bertz CT molecular complexity index is 831. The van der Waals surface area contributed by atoms with Crippen LogP contribution in [0.3, 0.4) is 0 Å². The van der Waals surface area contributed by atoms with Crippen molar-refractivity contribution in [2.45, 2.75) is 33.1 Å². The molecule has 0 saturated carbocycles. The highest BCUT2D eigenvalue weighted by molar-refractivity contribution is 5.95. The van der Waals surface area contributed by atoms with Gasteiger partial charge in [0.25, 0.3) is 5.91 Å². The second kappa shape index (κ2) is 10.7. The summed E-state index contributed by atoms with van der Waals surface area (Å²) in [5, 5.41) is 2.87. The molecule has 0 radical (unpaired) electrons. The van der Waals surface area contributed by atoms with Crippen LogP contribution in [0.2, 0.25) is 0 Å². The third-order valence-electron chi connectivity index (χ3n) is 4.83. The predicted molar refractivity (Wildman–Crippen MR) is 117 cm³/mol. The average Bonchev–Trinajstić information content (AvgIpc) is 3.18. The molecule has 0 unspecified atom stereocenters. The van der Waals surface area contributed by atoms with Crippen LogP contribution in [0.15, 0.2) is 48.5 Å². The van der Waals surface area contributed by atoms with E-state index in [9.17, 15) is 9.59 Å². The Labute approximate surface area is 178 Å². The monoisotopic (exact) mass is 410 g/mol. The maximum absolute atomic E-state index is 12.0. The van der Waals surface area contributed by atoms with Gasteiger partial charge in [-0.1, -0.05) is 26.0 Å². The number of rotatable bonds is 10. The minimum absolute atomic E-state index is 0.0377. The highest BCUT2D eigenvalue weighted by Gasteiger charge is 2.21. The van der Waals surface area contributed by atoms with Crippen LogP contribution in [0.25, 0.3) is 0 Å². The number of carbonyl (C=O) groups excluding carboxylic acids is 2. The number of hydrogen-bond donors (Lipinski definition) is 1. The number of amides is 2. The molecule has 2 aromatic rings. The van der Waals surface area contributed by atoms with Crippen molar-refractivity contribution < 1.29 is 19.1 Å². The second-order valence-electron chi connectivity index (χ2n) is 7.88. The van der Waals surface area contributed by atoms with E-state index in [-0.39, 0.29) is 18.4 Å². The summed E-state index contributed by atoms with van der Waals surface area (Å²) in [5.74, 6) is 1.96. The van der Waals surface area contributed by atoms with E-state index in [0.29, 0.717) is 31.2 Å². The highest BCUT2D eigenvalue weighted by atomic mass is 16.5. The summed E-state index contributed by atoms with van der Waals surface area (Å²) in [7, 11) is 0. The maximum atomic E-state index is 12.0. The van der Waals surface area contributed by atoms with E-state index in [2.05, 4.69) is 19.2 Å². The van der Waals surface area contributed by atoms with Gasteiger partial charge in [-0.15, -0.1) is 0 Å². The molecule has 1 heterocycles. The molecule has 1 fully saturated rings. The molecule has 160 valence electrons. The number of ether oxygens (including phenoxy) is 2. The number of hydrogen-bond acceptors (Lipinski definition) is 4. The Morgan fingerprint density at radius 2 is 1.70 bits per heavy atom. The summed E-state index contributed by atoms with van der Waals surface area (Å²) in [4.78, 5) is 25.6. The average molecular weight is 411 g/mol. The predicted octanol–water partition coefficient (Wildman–Crippen LogP) is 3.59. The standard InChI is InChI=1S/C24H30N2O4/c1-18(2)16-29-21-9-5-19(6-10-21)13-14-25-23(27)17-30-22-11-7-20(8-12-22)26-15-3-4-24(26)28/h5-12,18H,3-4,13-17H2,1-2H3,(H,25,27). The lowest BCUT2D eigenvalue weighted by molar-refractivity contribution is -0.123. The zero-order valence-electron chi connectivity index (χ0n) is 17.7. The van der Waals surface area contributed by atoms with Crippen LogP contribution in [-0.2, 0) is 16.0 Å². The summed E-state index contributed by atoms with van der Waals surface area (Å²) in [6.07, 6.45) is 2.25. The molecule has 1 aliphatic rings. The number of benzene rings is 2. The van der Waals surface area contributed by atoms with E-state index in [0.717, 1.165) is 36.4 Å². The summed E-state index contributed by atoms with van der Waals surface area (Å²) in [6.45, 7) is 6.21. The number of nitrogens with one attached hydrogen (secondary N) is 1. The SMILES string of the molecule is CC(C)COc1ccc(CCNC(=O)COc2ccc(N3CCCC3=O)cc2)cc1. The Balaban J connectivity index is 1.35. The topological polar surface area (TPSA) is 67.9 Å². The van der Waals surface area contributed by atoms with Gasteiger partial charge in [0, 0.05) is 25.2 Å². The minimum Gasteiger partial charge on any atom is -0.493 e. The molecule has 0 aromatic heterocycles. The third kappa shape index (κ3) is 6.51. The lowest BCUT2D eigenvalue weighted by atomic mass is 10.1. The maximum Gasteiger partial charge on any atom is 0.257 e. The normalized spacial score (nSPS) is 13.6. The van der Waals surface area contributed by atoms with E-state index in [1.165, 1.54) is 0 Å². The van der Waals surface area contributed by atoms with Gasteiger partial charge in [0.05, 0.1) is 6.61 Å². The lowest BCUT2D eigenvalue weighted by Gasteiger charge is -2.16. The van der Waals surface area contributed by atoms with Gasteiger partial charge in [-0.3, -0.25) is 9.59 Å². The molecule has 1 N–H and O–H groups in total. The van der Waals surface area contributed by atoms with Crippen molar-refractivity contribution in [1.29, 1.82) is 0 Å². The smallest absolute Gasteiger partial charge is 0.257 e. The lowest BCUT2D eigenvalue weighted by Crippen LogP contribution is -2.30. The van der Waals surface area contributed by atoms with Gasteiger partial charge in [0.15, 0.2) is 6.61 Å². The van der Waals surface area contributed by atoms with E-state index in [4.69, 9.17) is 9.47 Å². The minimum atomic E-state index is -0.161. The van der Waals surface area contributed by atoms with Gasteiger partial charge in [0.2, 0.25) is 5.91 Å². The van der Waals surface area contributed by atoms with Crippen molar-refractivity contribution in [1.82, 2.24) is 5.32 Å². The zero-order chi connectivity index (χ0) is 21.3. The first-order valence-corrected chi connectivity index (χ1v) is 10.5. The second-order valence-corrected chi connectivity index (χ2v) is 7.88. The van der Waals surface area contributed by atoms with Crippen molar-refractivity contribution >= 4 is 17.5 Å². The first-order valence-electron chi connectivity index (χ1n) is 10.5. The Morgan fingerprint density at radius 1 is 1.03 bits per heavy atom. The zero-order valence-corrected chi connectivity index (χ0v) is 17.7. The van der Waals surface area contributed by atoms with Crippen molar-refractivity contribution in [3.05, 3.63) is 54.1 Å². The number of carbonyl (C=O) groups is 2. The van der Waals surface area contributed by atoms with Crippen molar-refractivity contribution in [2.24, 2.45) is 5.92 Å². The van der Waals surface area contributed by atoms with Gasteiger partial charge in [-0.05, 0) is 60.7 Å². The van der Waals surface area contributed by atoms with E-state index in [1.807, 2.05) is 36.4 Å². The van der Waals surface area contributed by atoms with Crippen LogP contribution in [0, 0.1) is 5.92 Å². The highest BCUT2D eigenvalue weighted by Crippen LogP contribution is 2.23. The molecular formula is C24H30N2O4. The molecule has 0 aliphatic carbocycles. The summed E-state index contributed by atoms with van der Waals surface area (Å²) < 4.78 is 11.2. The molecule has 0 bridgehead atoms. The van der Waals surface area contributed by atoms with E-state index < -0.39 is 0 Å². The molecule has 0 spiro atoms. The molecule has 0 atom stereocenters. The van der Waals surface area contributed by atoms with Crippen LogP contribution >= 0.6 is 0 Å². The Hall–Kier alpha value is -3.02. The molecule has 1 saturated heterocycles. The molecule has 2 aromatic carbocycles. The van der Waals surface area contributed by atoms with Gasteiger partial charge < -0.3 is 19.7 Å². The van der Waals surface area contributed by atoms with Gasteiger partial charge in [-0.2, -0.15) is 0 Å². The van der Waals surface area contributed by atoms with Crippen LogP contribution in [0.1, 0.15) is 32.3 Å². The molecule has 30 heavy (non-hydrogen) atoms. The van der Waals surface area contributed by atoms with Crippen LogP contribution in [0.5, 0.6) is 11.5 Å². The fraction of sp³-hybridized carbons (Fsp3) is 0.417. The molecular weight excluding hydrogens is 380 g/mol. The van der Waals surface area contributed by atoms with Crippen molar-refractivity contribution in [3.8, 4) is 11.5 Å². The Kier molecular flexibility index (Phi) is 7.71. The van der Waals surface area contributed by atoms with Crippen LogP contribution in [0.4, 0.5) is 5.69 Å². The Morgan fingerprint density at radius 3 is 2.33 bits per heavy atom. The van der Waals surface area contributed by atoms with E-state index in [1.54, 1.807) is 17.0 Å². The molecule has 6 nitrogen and oxygen atoms in total. The van der Waals surface area contributed by atoms with Crippen LogP contribution < -0.4 is 19.7 Å². The largest absolute Gasteiger partial charge is 0.493 e. The van der Waals surface area contributed by atoms with Gasteiger partial charge in [0.1, 0.15) is 11.5 Å². The third-order valence-corrected chi connectivity index (χ3v) is 4.83. The van der Waals surface area contributed by atoms with Crippen LogP contribution in [-0.4, -0.2) is 38.1 Å².